The zero-order valence-electron chi connectivity index (χ0n) is 18.1. The summed E-state index contributed by atoms with van der Waals surface area (Å²) in [6.45, 7) is 3.57. The first-order valence-electron chi connectivity index (χ1n) is 9.77. The fourth-order valence-corrected chi connectivity index (χ4v) is 5.14. The molecule has 0 saturated heterocycles. The zero-order valence-corrected chi connectivity index (χ0v) is 19.8. The third-order valence-corrected chi connectivity index (χ3v) is 7.31. The first-order valence-corrected chi connectivity index (χ1v) is 13.1. The van der Waals surface area contributed by atoms with Gasteiger partial charge in [-0.3, -0.25) is 4.79 Å². The lowest BCUT2D eigenvalue weighted by Crippen LogP contribution is -2.36. The smallest absolute Gasteiger partial charge is 0.338 e. The molecule has 9 nitrogen and oxygen atoms in total. The molecule has 0 spiro atoms. The molecule has 1 heterocycles. The molecule has 0 aliphatic carbocycles. The molecule has 1 amide bonds. The highest BCUT2D eigenvalue weighted by Crippen LogP contribution is 2.24. The van der Waals surface area contributed by atoms with Gasteiger partial charge >= 0.3 is 5.97 Å². The van der Waals surface area contributed by atoms with Crippen molar-refractivity contribution < 1.29 is 31.2 Å². The van der Waals surface area contributed by atoms with Gasteiger partial charge in [0, 0.05) is 12.4 Å². The molecule has 0 fully saturated rings. The molecule has 0 bridgehead atoms. The van der Waals surface area contributed by atoms with Crippen molar-refractivity contribution in [2.75, 3.05) is 17.2 Å². The van der Waals surface area contributed by atoms with Crippen LogP contribution in [0.4, 0.5) is 5.69 Å². The van der Waals surface area contributed by atoms with Crippen LogP contribution < -0.4 is 4.31 Å². The fraction of sp³-hybridized carbons (Fsp3) is 0.182. The summed E-state index contributed by atoms with van der Waals surface area (Å²) >= 11 is 0. The Labute approximate surface area is 192 Å². The summed E-state index contributed by atoms with van der Waals surface area (Å²) in [4.78, 5) is 25.2. The number of hydrogen-bond acceptors (Lipinski definition) is 7. The lowest BCUT2D eigenvalue weighted by molar-refractivity contribution is 0.0526. The SMILES string of the molecule is CCOC(=O)c1cccc(N(C(=O)c2ccn(S(=O)(=O)c3ccc(C)cc3)c2)S(C)(=O)=O)c1. The van der Waals surface area contributed by atoms with Gasteiger partial charge < -0.3 is 4.74 Å². The van der Waals surface area contributed by atoms with Gasteiger partial charge in [0.05, 0.1) is 34.6 Å². The Morgan fingerprint density at radius 2 is 1.64 bits per heavy atom. The number of hydrogen-bond donors (Lipinski definition) is 0. The number of carbonyl (C=O) groups excluding carboxylic acids is 2. The van der Waals surface area contributed by atoms with Crippen molar-refractivity contribution in [3.05, 3.63) is 83.7 Å². The quantitative estimate of drug-likeness (QED) is 0.467. The second-order valence-corrected chi connectivity index (χ2v) is 10.8. The van der Waals surface area contributed by atoms with Crippen molar-refractivity contribution in [1.29, 1.82) is 0 Å². The molecule has 0 unspecified atom stereocenters. The number of benzene rings is 2. The highest BCUT2D eigenvalue weighted by Gasteiger charge is 2.29. The van der Waals surface area contributed by atoms with Gasteiger partial charge in [0.1, 0.15) is 0 Å². The number of carbonyl (C=O) groups is 2. The highest BCUT2D eigenvalue weighted by atomic mass is 32.2. The predicted octanol–water partition coefficient (Wildman–Crippen LogP) is 2.82. The normalized spacial score (nSPS) is 11.7. The molecule has 0 saturated carbocycles. The minimum absolute atomic E-state index is 0.0183. The molecule has 0 atom stereocenters. The van der Waals surface area contributed by atoms with E-state index in [1.54, 1.807) is 19.1 Å². The maximum atomic E-state index is 13.1. The Bertz CT molecular complexity index is 1410. The molecule has 0 aliphatic heterocycles. The van der Waals surface area contributed by atoms with Crippen LogP contribution in [0, 0.1) is 6.92 Å². The topological polar surface area (TPSA) is 120 Å². The third kappa shape index (κ3) is 5.15. The van der Waals surface area contributed by atoms with Crippen LogP contribution in [0.25, 0.3) is 0 Å². The third-order valence-electron chi connectivity index (χ3n) is 4.62. The first kappa shape index (κ1) is 24.2. The summed E-state index contributed by atoms with van der Waals surface area (Å²) in [5.74, 6) is -1.65. The predicted molar refractivity (Wildman–Crippen MR) is 122 cm³/mol. The van der Waals surface area contributed by atoms with E-state index < -0.39 is 31.9 Å². The lowest BCUT2D eigenvalue weighted by atomic mass is 10.2. The molecule has 11 heteroatoms. The minimum atomic E-state index is -4.13. The molecule has 33 heavy (non-hydrogen) atoms. The standard InChI is InChI=1S/C22H22N2O7S2/c1-4-31-22(26)17-6-5-7-19(14-17)24(32(3,27)28)21(25)18-12-13-23(15-18)33(29,30)20-10-8-16(2)9-11-20/h5-15H,4H2,1-3H3. The Balaban J connectivity index is 2.00. The average molecular weight is 491 g/mol. The van der Waals surface area contributed by atoms with Crippen molar-refractivity contribution >= 4 is 37.6 Å². The molecule has 174 valence electrons. The van der Waals surface area contributed by atoms with E-state index in [-0.39, 0.29) is 28.3 Å². The van der Waals surface area contributed by atoms with E-state index in [0.717, 1.165) is 28.2 Å². The largest absolute Gasteiger partial charge is 0.462 e. The zero-order chi connectivity index (χ0) is 24.4. The van der Waals surface area contributed by atoms with Crippen molar-refractivity contribution in [1.82, 2.24) is 3.97 Å². The number of sulfonamides is 1. The van der Waals surface area contributed by atoms with E-state index in [1.165, 1.54) is 42.5 Å². The van der Waals surface area contributed by atoms with Gasteiger partial charge in [0.2, 0.25) is 10.0 Å². The van der Waals surface area contributed by atoms with Crippen molar-refractivity contribution in [3.8, 4) is 0 Å². The van der Waals surface area contributed by atoms with E-state index in [0.29, 0.717) is 4.31 Å². The van der Waals surface area contributed by atoms with Crippen LogP contribution >= 0.6 is 0 Å². The molecule has 2 aromatic carbocycles. The summed E-state index contributed by atoms with van der Waals surface area (Å²) in [6, 6.07) is 12.8. The summed E-state index contributed by atoms with van der Waals surface area (Å²) in [7, 11) is -8.11. The highest BCUT2D eigenvalue weighted by molar-refractivity contribution is 7.92. The van der Waals surface area contributed by atoms with Crippen molar-refractivity contribution in [2.45, 2.75) is 18.7 Å². The lowest BCUT2D eigenvalue weighted by Gasteiger charge is -2.20. The van der Waals surface area contributed by atoms with Gasteiger partial charge in [-0.2, -0.15) is 0 Å². The summed E-state index contributed by atoms with van der Waals surface area (Å²) in [5.41, 5.74) is 0.696. The van der Waals surface area contributed by atoms with Crippen LogP contribution in [-0.4, -0.2) is 45.5 Å². The van der Waals surface area contributed by atoms with Crippen LogP contribution in [0.1, 0.15) is 33.2 Å². The van der Waals surface area contributed by atoms with E-state index in [2.05, 4.69) is 0 Å². The van der Waals surface area contributed by atoms with Gasteiger partial charge in [-0.05, 0) is 50.2 Å². The molecule has 3 rings (SSSR count). The Morgan fingerprint density at radius 1 is 0.970 bits per heavy atom. The van der Waals surface area contributed by atoms with E-state index in [9.17, 15) is 26.4 Å². The number of anilines is 1. The second-order valence-electron chi connectivity index (χ2n) is 7.15. The number of nitrogens with zero attached hydrogens (tertiary/aromatic N) is 2. The minimum Gasteiger partial charge on any atom is -0.462 e. The number of esters is 1. The van der Waals surface area contributed by atoms with Gasteiger partial charge in [-0.25, -0.2) is 29.9 Å². The fourth-order valence-electron chi connectivity index (χ4n) is 3.04. The Hall–Kier alpha value is -3.44. The van der Waals surface area contributed by atoms with Gasteiger partial charge in [-0.1, -0.05) is 23.8 Å². The first-order chi connectivity index (χ1) is 15.4. The Kier molecular flexibility index (Phi) is 6.75. The molecular weight excluding hydrogens is 468 g/mol. The van der Waals surface area contributed by atoms with Crippen molar-refractivity contribution in [3.63, 3.8) is 0 Å². The average Bonchev–Trinajstić information content (AvgIpc) is 3.25. The number of amides is 1. The van der Waals surface area contributed by atoms with Crippen LogP contribution in [0.5, 0.6) is 0 Å². The number of aryl methyl sites for hydroxylation is 1. The van der Waals surface area contributed by atoms with E-state index in [1.807, 2.05) is 6.92 Å². The van der Waals surface area contributed by atoms with Crippen LogP contribution in [0.2, 0.25) is 0 Å². The van der Waals surface area contributed by atoms with Gasteiger partial charge in [0.25, 0.3) is 15.9 Å². The van der Waals surface area contributed by atoms with Gasteiger partial charge in [-0.15, -0.1) is 0 Å². The number of ether oxygens (including phenoxy) is 1. The monoisotopic (exact) mass is 490 g/mol. The summed E-state index contributed by atoms with van der Waals surface area (Å²) < 4.78 is 57.0. The molecule has 0 N–H and O–H groups in total. The second kappa shape index (κ2) is 9.20. The number of aromatic nitrogens is 1. The van der Waals surface area contributed by atoms with E-state index >= 15 is 0 Å². The van der Waals surface area contributed by atoms with Crippen molar-refractivity contribution in [2.24, 2.45) is 0 Å². The summed E-state index contributed by atoms with van der Waals surface area (Å²) in [6.07, 6.45) is 3.05. The molecule has 0 aliphatic rings. The van der Waals surface area contributed by atoms with E-state index in [4.69, 9.17) is 4.74 Å². The maximum Gasteiger partial charge on any atom is 0.338 e. The molecule has 1 aromatic heterocycles. The Morgan fingerprint density at radius 3 is 2.24 bits per heavy atom. The van der Waals surface area contributed by atoms with Crippen LogP contribution in [0.15, 0.2) is 71.9 Å². The molecule has 3 aromatic rings. The maximum absolute atomic E-state index is 13.1. The molecular formula is C22H22N2O7S2. The molecule has 0 radical (unpaired) electrons. The van der Waals surface area contributed by atoms with Gasteiger partial charge in [0.15, 0.2) is 0 Å². The number of rotatable bonds is 7. The van der Waals surface area contributed by atoms with Crippen LogP contribution in [0.3, 0.4) is 0 Å². The van der Waals surface area contributed by atoms with Crippen LogP contribution in [-0.2, 0) is 24.8 Å². The summed E-state index contributed by atoms with van der Waals surface area (Å²) in [5, 5.41) is 0.